The van der Waals surface area contributed by atoms with E-state index in [0.29, 0.717) is 0 Å². The number of terminal acetylenes is 1. The van der Waals surface area contributed by atoms with Gasteiger partial charge in [0.05, 0.1) is 13.3 Å². The van der Waals surface area contributed by atoms with Crippen molar-refractivity contribution in [3.05, 3.63) is 0 Å². The SMILES string of the molecule is C#CC[PH](=O)CS(=O)(=O)OC. The summed E-state index contributed by atoms with van der Waals surface area (Å²) in [5.74, 6) is 2.13. The Morgan fingerprint density at radius 1 is 1.64 bits per heavy atom. The average Bonchev–Trinajstić information content (AvgIpc) is 1.87. The summed E-state index contributed by atoms with van der Waals surface area (Å²) in [7, 11) is -4.78. The number of rotatable bonds is 4. The molecule has 1 atom stereocenters. The molecule has 0 N–H and O–H groups in total. The minimum absolute atomic E-state index is 0.00720. The fourth-order valence-electron chi connectivity index (χ4n) is 0.421. The highest BCUT2D eigenvalue weighted by molar-refractivity contribution is 7.92. The van der Waals surface area contributed by atoms with Gasteiger partial charge in [-0.1, -0.05) is 5.92 Å². The molecule has 6 heteroatoms. The van der Waals surface area contributed by atoms with Crippen molar-refractivity contribution >= 4 is 17.9 Å². The Hall–Kier alpha value is -0.300. The van der Waals surface area contributed by atoms with Gasteiger partial charge in [-0.15, -0.1) is 6.42 Å². The van der Waals surface area contributed by atoms with E-state index in [0.717, 1.165) is 7.11 Å². The van der Waals surface area contributed by atoms with Gasteiger partial charge in [-0.3, -0.25) is 4.18 Å². The van der Waals surface area contributed by atoms with Gasteiger partial charge in [0, 0.05) is 0 Å². The van der Waals surface area contributed by atoms with E-state index in [4.69, 9.17) is 6.42 Å². The van der Waals surface area contributed by atoms with E-state index in [1.54, 1.807) is 0 Å². The maximum atomic E-state index is 10.8. The zero-order chi connectivity index (χ0) is 8.91. The van der Waals surface area contributed by atoms with Gasteiger partial charge in [-0.05, 0) is 0 Å². The lowest BCUT2D eigenvalue weighted by Gasteiger charge is -1.97. The van der Waals surface area contributed by atoms with Gasteiger partial charge in [0.15, 0.2) is 0 Å². The molecule has 0 aromatic carbocycles. The molecule has 1 unspecified atom stereocenters. The van der Waals surface area contributed by atoms with Gasteiger partial charge in [0.1, 0.15) is 13.3 Å². The number of hydrogen-bond acceptors (Lipinski definition) is 4. The van der Waals surface area contributed by atoms with E-state index < -0.39 is 23.4 Å². The van der Waals surface area contributed by atoms with E-state index in [2.05, 4.69) is 10.1 Å². The molecule has 0 radical (unpaired) electrons. The van der Waals surface area contributed by atoms with Gasteiger partial charge < -0.3 is 4.57 Å². The van der Waals surface area contributed by atoms with Crippen LogP contribution in [0.1, 0.15) is 0 Å². The fourth-order valence-corrected chi connectivity index (χ4v) is 3.11. The van der Waals surface area contributed by atoms with E-state index in [9.17, 15) is 13.0 Å². The standard InChI is InChI=1S/C5H9O4PS/c1-3-4-10(6)5-11(7,8)9-2/h1,10H,4-5H2,2H3. The Morgan fingerprint density at radius 3 is 2.55 bits per heavy atom. The molecule has 11 heavy (non-hydrogen) atoms. The lowest BCUT2D eigenvalue weighted by Crippen LogP contribution is -2.04. The smallest absolute Gasteiger partial charge is 0.273 e. The van der Waals surface area contributed by atoms with Crippen LogP contribution in [0.2, 0.25) is 0 Å². The summed E-state index contributed by atoms with van der Waals surface area (Å²) in [5.41, 5.74) is -0.460. The van der Waals surface area contributed by atoms with E-state index in [1.807, 2.05) is 0 Å². The molecule has 0 aliphatic heterocycles. The lowest BCUT2D eigenvalue weighted by atomic mass is 10.8. The molecule has 0 fully saturated rings. The lowest BCUT2D eigenvalue weighted by molar-refractivity contribution is 0.401. The van der Waals surface area contributed by atoms with Crippen LogP contribution in [0.4, 0.5) is 0 Å². The molecule has 0 spiro atoms. The van der Waals surface area contributed by atoms with Crippen LogP contribution >= 0.6 is 7.80 Å². The quantitative estimate of drug-likeness (QED) is 0.364. The average molecular weight is 196 g/mol. The summed E-state index contributed by atoms with van der Waals surface area (Å²) in [6.45, 7) is 0. The van der Waals surface area contributed by atoms with Crippen molar-refractivity contribution < 1.29 is 17.2 Å². The molecule has 0 saturated carbocycles. The second kappa shape index (κ2) is 4.55. The summed E-state index contributed by atoms with van der Waals surface area (Å²) in [5, 5.41) is 0. The fraction of sp³-hybridized carbons (Fsp3) is 0.600. The Bertz CT molecular complexity index is 273. The molecule has 0 amide bonds. The van der Waals surface area contributed by atoms with Crippen LogP contribution in [0.15, 0.2) is 0 Å². The van der Waals surface area contributed by atoms with Crippen molar-refractivity contribution in [2.24, 2.45) is 0 Å². The summed E-state index contributed by atoms with van der Waals surface area (Å²) in [4.78, 5) is 0. The van der Waals surface area contributed by atoms with Crippen molar-refractivity contribution in [2.45, 2.75) is 0 Å². The number of hydrogen-bond donors (Lipinski definition) is 0. The van der Waals surface area contributed by atoms with Crippen molar-refractivity contribution in [3.63, 3.8) is 0 Å². The third-order valence-corrected chi connectivity index (χ3v) is 4.70. The topological polar surface area (TPSA) is 60.4 Å². The first-order chi connectivity index (χ1) is 5.02. The Balaban J connectivity index is 4.08. The maximum Gasteiger partial charge on any atom is 0.273 e. The minimum Gasteiger partial charge on any atom is -0.325 e. The molecule has 4 nitrogen and oxygen atoms in total. The Kier molecular flexibility index (Phi) is 4.43. The van der Waals surface area contributed by atoms with Crippen LogP contribution < -0.4 is 0 Å². The van der Waals surface area contributed by atoms with Gasteiger partial charge >= 0.3 is 0 Å². The van der Waals surface area contributed by atoms with E-state index >= 15 is 0 Å². The Morgan fingerprint density at radius 2 is 2.18 bits per heavy atom. The maximum absolute atomic E-state index is 10.8. The molecule has 0 aliphatic carbocycles. The van der Waals surface area contributed by atoms with Crippen molar-refractivity contribution in [2.75, 3.05) is 18.8 Å². The molecule has 0 aromatic rings. The van der Waals surface area contributed by atoms with E-state index in [1.165, 1.54) is 0 Å². The second-order valence-corrected chi connectivity index (χ2v) is 5.82. The first kappa shape index (κ1) is 10.7. The molecule has 0 aromatic heterocycles. The molecular weight excluding hydrogens is 187 g/mol. The van der Waals surface area contributed by atoms with Crippen LogP contribution in [0, 0.1) is 12.3 Å². The van der Waals surface area contributed by atoms with Crippen molar-refractivity contribution in [1.29, 1.82) is 0 Å². The highest BCUT2D eigenvalue weighted by Gasteiger charge is 2.12. The largest absolute Gasteiger partial charge is 0.325 e. The molecule has 64 valence electrons. The van der Waals surface area contributed by atoms with Crippen LogP contribution in [-0.4, -0.2) is 27.2 Å². The highest BCUT2D eigenvalue weighted by atomic mass is 32.2. The van der Waals surface area contributed by atoms with Gasteiger partial charge in [-0.25, -0.2) is 0 Å². The van der Waals surface area contributed by atoms with Gasteiger partial charge in [0.2, 0.25) is 0 Å². The zero-order valence-corrected chi connectivity index (χ0v) is 7.85. The first-order valence-corrected chi connectivity index (χ1v) is 6.15. The van der Waals surface area contributed by atoms with Crippen molar-refractivity contribution in [3.8, 4) is 12.3 Å². The van der Waals surface area contributed by atoms with Crippen LogP contribution in [0.3, 0.4) is 0 Å². The molecule has 0 aliphatic rings. The molecule has 0 saturated heterocycles. The first-order valence-electron chi connectivity index (χ1n) is 2.75. The summed E-state index contributed by atoms with van der Waals surface area (Å²) >= 11 is 0. The third-order valence-electron chi connectivity index (χ3n) is 0.891. The van der Waals surface area contributed by atoms with E-state index in [-0.39, 0.29) is 6.16 Å². The molecule has 0 heterocycles. The predicted molar refractivity (Wildman–Crippen MR) is 43.5 cm³/mol. The van der Waals surface area contributed by atoms with Crippen LogP contribution in [0.25, 0.3) is 0 Å². The summed E-state index contributed by atoms with van der Waals surface area (Å²) < 4.78 is 36.1. The van der Waals surface area contributed by atoms with Crippen molar-refractivity contribution in [1.82, 2.24) is 0 Å². The predicted octanol–water partition coefficient (Wildman–Crippen LogP) is 0.113. The summed E-state index contributed by atoms with van der Waals surface area (Å²) in [6.07, 6.45) is 4.84. The third kappa shape index (κ3) is 5.02. The molecule has 0 bridgehead atoms. The summed E-state index contributed by atoms with van der Waals surface area (Å²) in [6, 6.07) is 0. The molecule has 0 rings (SSSR count). The molecular formula is C5H9O4PS. The van der Waals surface area contributed by atoms with Gasteiger partial charge in [-0.2, -0.15) is 8.42 Å². The second-order valence-electron chi connectivity index (χ2n) is 1.79. The monoisotopic (exact) mass is 196 g/mol. The Labute approximate surface area is 66.9 Å². The van der Waals surface area contributed by atoms with Gasteiger partial charge in [0.25, 0.3) is 10.1 Å². The zero-order valence-electron chi connectivity index (χ0n) is 6.03. The van der Waals surface area contributed by atoms with Crippen LogP contribution in [0.5, 0.6) is 0 Å². The highest BCUT2D eigenvalue weighted by Crippen LogP contribution is 2.21. The van der Waals surface area contributed by atoms with Crippen LogP contribution in [-0.2, 0) is 18.9 Å². The minimum atomic E-state index is -3.60. The normalized spacial score (nSPS) is 13.8.